The fourth-order valence-electron chi connectivity index (χ4n) is 4.30. The molecule has 0 saturated carbocycles. The fourth-order valence-corrected chi connectivity index (χ4v) is 6.40. The summed E-state index contributed by atoms with van der Waals surface area (Å²) in [5.74, 6) is -0.188. The molecule has 0 radical (unpaired) electrons. The Morgan fingerprint density at radius 3 is 1.83 bits per heavy atom. The molecule has 190 valence electrons. The second-order valence-corrected chi connectivity index (χ2v) is 12.6. The Morgan fingerprint density at radius 2 is 1.36 bits per heavy atom. The van der Waals surface area contributed by atoms with Gasteiger partial charge in [0.05, 0.1) is 10.9 Å². The van der Waals surface area contributed by atoms with Gasteiger partial charge in [-0.05, 0) is 69.5 Å². The molecular formula is C26H26BrCl2N3O3S. The van der Waals surface area contributed by atoms with Crippen LogP contribution in [0.15, 0.2) is 76.1 Å². The number of amides is 1. The van der Waals surface area contributed by atoms with E-state index in [2.05, 4.69) is 20.8 Å². The quantitative estimate of drug-likeness (QED) is 0.367. The number of sulfonamides is 1. The van der Waals surface area contributed by atoms with Gasteiger partial charge in [0.15, 0.2) is 0 Å². The highest BCUT2D eigenvalue weighted by Crippen LogP contribution is 2.32. The lowest BCUT2D eigenvalue weighted by Gasteiger charge is -2.40. The van der Waals surface area contributed by atoms with Crippen molar-refractivity contribution in [2.24, 2.45) is 0 Å². The van der Waals surface area contributed by atoms with Crippen LogP contribution in [0.1, 0.15) is 27.5 Å². The Kier molecular flexibility index (Phi) is 8.44. The molecule has 0 atom stereocenters. The lowest BCUT2D eigenvalue weighted by atomic mass is 9.96. The molecule has 0 aromatic heterocycles. The van der Waals surface area contributed by atoms with Gasteiger partial charge < -0.3 is 4.90 Å². The van der Waals surface area contributed by atoms with Gasteiger partial charge in [-0.1, -0.05) is 47.5 Å². The molecule has 3 aromatic carbocycles. The van der Waals surface area contributed by atoms with Gasteiger partial charge in [0.25, 0.3) is 5.91 Å². The average molecular weight is 611 g/mol. The van der Waals surface area contributed by atoms with Gasteiger partial charge in [-0.2, -0.15) is 0 Å². The van der Waals surface area contributed by atoms with E-state index in [1.807, 2.05) is 48.5 Å². The van der Waals surface area contributed by atoms with Gasteiger partial charge in [0, 0.05) is 60.4 Å². The van der Waals surface area contributed by atoms with Crippen LogP contribution in [0.2, 0.25) is 10.0 Å². The van der Waals surface area contributed by atoms with Crippen LogP contribution in [0.25, 0.3) is 0 Å². The zero-order valence-electron chi connectivity index (χ0n) is 19.9. The SMILES string of the molecule is CN(C)S(=O)(=O)c1cc(C(=O)N2CCN(C(c3ccc(Cl)cc3)c3ccc(Cl)cc3)CC2)ccc1Br. The van der Waals surface area contributed by atoms with E-state index in [9.17, 15) is 13.2 Å². The number of carbonyl (C=O) groups excluding carboxylic acids is 1. The van der Waals surface area contributed by atoms with E-state index in [0.29, 0.717) is 46.3 Å². The summed E-state index contributed by atoms with van der Waals surface area (Å²) < 4.78 is 26.9. The van der Waals surface area contributed by atoms with E-state index in [0.717, 1.165) is 15.4 Å². The number of hydrogen-bond donors (Lipinski definition) is 0. The molecular weight excluding hydrogens is 585 g/mol. The first kappa shape index (κ1) is 27.1. The van der Waals surface area contributed by atoms with Crippen LogP contribution in [0.5, 0.6) is 0 Å². The van der Waals surface area contributed by atoms with Gasteiger partial charge in [-0.3, -0.25) is 9.69 Å². The van der Waals surface area contributed by atoms with E-state index >= 15 is 0 Å². The highest BCUT2D eigenvalue weighted by molar-refractivity contribution is 9.10. The maximum atomic E-state index is 13.3. The summed E-state index contributed by atoms with van der Waals surface area (Å²) in [6, 6.07) is 20.3. The van der Waals surface area contributed by atoms with E-state index in [1.54, 1.807) is 17.0 Å². The van der Waals surface area contributed by atoms with Gasteiger partial charge in [0.2, 0.25) is 10.0 Å². The second-order valence-electron chi connectivity index (χ2n) is 8.77. The van der Waals surface area contributed by atoms with E-state index < -0.39 is 10.0 Å². The van der Waals surface area contributed by atoms with Crippen molar-refractivity contribution in [2.45, 2.75) is 10.9 Å². The van der Waals surface area contributed by atoms with Crippen molar-refractivity contribution in [3.8, 4) is 0 Å². The second kappa shape index (κ2) is 11.2. The van der Waals surface area contributed by atoms with Crippen LogP contribution in [0.3, 0.4) is 0 Å². The Labute approximate surface area is 230 Å². The molecule has 4 rings (SSSR count). The van der Waals surface area contributed by atoms with E-state index in [-0.39, 0.29) is 16.8 Å². The first-order chi connectivity index (χ1) is 17.1. The smallest absolute Gasteiger partial charge is 0.253 e. The molecule has 0 aliphatic carbocycles. The molecule has 36 heavy (non-hydrogen) atoms. The summed E-state index contributed by atoms with van der Waals surface area (Å²) in [4.78, 5) is 17.5. The van der Waals surface area contributed by atoms with E-state index in [1.165, 1.54) is 20.2 Å². The zero-order chi connectivity index (χ0) is 26.0. The third-order valence-corrected chi connectivity index (χ3v) is 9.59. The van der Waals surface area contributed by atoms with Crippen molar-refractivity contribution in [1.82, 2.24) is 14.1 Å². The largest absolute Gasteiger partial charge is 0.336 e. The van der Waals surface area contributed by atoms with Crippen molar-refractivity contribution in [1.29, 1.82) is 0 Å². The summed E-state index contributed by atoms with van der Waals surface area (Å²) >= 11 is 15.6. The first-order valence-corrected chi connectivity index (χ1v) is 14.3. The third-order valence-electron chi connectivity index (χ3n) is 6.27. The monoisotopic (exact) mass is 609 g/mol. The lowest BCUT2D eigenvalue weighted by Crippen LogP contribution is -2.49. The number of rotatable bonds is 6. The summed E-state index contributed by atoms with van der Waals surface area (Å²) in [5.41, 5.74) is 2.56. The number of halogens is 3. The molecule has 1 aliphatic heterocycles. The molecule has 1 aliphatic rings. The molecule has 3 aromatic rings. The summed E-state index contributed by atoms with van der Waals surface area (Å²) in [5, 5.41) is 1.35. The molecule has 10 heteroatoms. The Morgan fingerprint density at radius 1 is 0.861 bits per heavy atom. The van der Waals surface area contributed by atoms with Gasteiger partial charge in [0.1, 0.15) is 0 Å². The topological polar surface area (TPSA) is 60.9 Å². The Balaban J connectivity index is 1.54. The molecule has 0 spiro atoms. The first-order valence-electron chi connectivity index (χ1n) is 11.3. The van der Waals surface area contributed by atoms with Crippen LogP contribution in [-0.4, -0.2) is 68.7 Å². The number of nitrogens with zero attached hydrogens (tertiary/aromatic N) is 3. The Bertz CT molecular complexity index is 1300. The minimum absolute atomic E-state index is 0.0127. The molecule has 1 fully saturated rings. The predicted molar refractivity (Wildman–Crippen MR) is 147 cm³/mol. The minimum Gasteiger partial charge on any atom is -0.336 e. The number of hydrogen-bond acceptors (Lipinski definition) is 4. The molecule has 1 amide bonds. The van der Waals surface area contributed by atoms with E-state index in [4.69, 9.17) is 23.2 Å². The van der Waals surface area contributed by atoms with Crippen molar-refractivity contribution < 1.29 is 13.2 Å². The summed E-state index contributed by atoms with van der Waals surface area (Å²) in [7, 11) is -0.762. The Hall–Kier alpha value is -1.94. The number of piperazine rings is 1. The molecule has 0 unspecified atom stereocenters. The molecule has 0 N–H and O–H groups in total. The van der Waals surface area contributed by atoms with Crippen molar-refractivity contribution in [3.63, 3.8) is 0 Å². The average Bonchev–Trinajstić information content (AvgIpc) is 2.86. The normalized spacial score (nSPS) is 15.0. The fraction of sp³-hybridized carbons (Fsp3) is 0.269. The number of benzene rings is 3. The van der Waals surface area contributed by atoms with Gasteiger partial charge >= 0.3 is 0 Å². The highest BCUT2D eigenvalue weighted by atomic mass is 79.9. The number of carbonyl (C=O) groups is 1. The predicted octanol–water partition coefficient (Wildman–Crippen LogP) is 5.55. The zero-order valence-corrected chi connectivity index (χ0v) is 23.8. The maximum absolute atomic E-state index is 13.3. The van der Waals surface area contributed by atoms with Crippen LogP contribution in [-0.2, 0) is 10.0 Å². The van der Waals surface area contributed by atoms with Gasteiger partial charge in [-0.25, -0.2) is 12.7 Å². The van der Waals surface area contributed by atoms with Crippen LogP contribution >= 0.6 is 39.1 Å². The lowest BCUT2D eigenvalue weighted by molar-refractivity contribution is 0.0597. The van der Waals surface area contributed by atoms with Gasteiger partial charge in [-0.15, -0.1) is 0 Å². The van der Waals surface area contributed by atoms with Crippen LogP contribution in [0, 0.1) is 0 Å². The molecule has 1 saturated heterocycles. The standard InChI is InChI=1S/C26H26BrCl2N3O3S/c1-30(2)36(34,35)24-17-20(7-12-23(24)27)26(33)32-15-13-31(14-16-32)25(18-3-8-21(28)9-4-18)19-5-10-22(29)11-6-19/h3-12,17,25H,13-16H2,1-2H3. The third kappa shape index (κ3) is 5.79. The summed E-state index contributed by atoms with van der Waals surface area (Å²) in [6.07, 6.45) is 0. The molecule has 1 heterocycles. The molecule has 6 nitrogen and oxygen atoms in total. The van der Waals surface area contributed by atoms with Crippen molar-refractivity contribution >= 4 is 55.1 Å². The van der Waals surface area contributed by atoms with Crippen molar-refractivity contribution in [2.75, 3.05) is 40.3 Å². The summed E-state index contributed by atoms with van der Waals surface area (Å²) in [6.45, 7) is 2.34. The molecule has 0 bridgehead atoms. The highest BCUT2D eigenvalue weighted by Gasteiger charge is 2.30. The van der Waals surface area contributed by atoms with Crippen LogP contribution < -0.4 is 0 Å². The maximum Gasteiger partial charge on any atom is 0.253 e. The minimum atomic E-state index is -3.69. The van der Waals surface area contributed by atoms with Crippen LogP contribution in [0.4, 0.5) is 0 Å². The van der Waals surface area contributed by atoms with Crippen molar-refractivity contribution in [3.05, 3.63) is 97.9 Å².